The molecule has 6 heterocycles. The van der Waals surface area contributed by atoms with Crippen LogP contribution in [-0.4, -0.2) is 137 Å². The monoisotopic (exact) mass is 683 g/mol. The van der Waals surface area contributed by atoms with Crippen molar-refractivity contribution in [2.24, 2.45) is 11.8 Å². The molecule has 49 heavy (non-hydrogen) atoms. The first kappa shape index (κ1) is 35.5. The van der Waals surface area contributed by atoms with Crippen LogP contribution in [0.3, 0.4) is 0 Å². The molecule has 10 nitrogen and oxygen atoms in total. The number of hydrogen-bond donors (Lipinski definition) is 1. The zero-order valence-electron chi connectivity index (χ0n) is 31.0. The molecule has 0 bridgehead atoms. The third-order valence-corrected chi connectivity index (χ3v) is 14.5. The van der Waals surface area contributed by atoms with Crippen molar-refractivity contribution >= 4 is 17.9 Å². The summed E-state index contributed by atoms with van der Waals surface area (Å²) in [6.07, 6.45) is 18.5. The predicted octanol–water partition coefficient (Wildman–Crippen LogP) is 4.86. The lowest BCUT2D eigenvalue weighted by molar-refractivity contribution is -0.133. The molecule has 0 radical (unpaired) electrons. The van der Waals surface area contributed by atoms with Gasteiger partial charge in [0.2, 0.25) is 11.8 Å². The van der Waals surface area contributed by atoms with Gasteiger partial charge in [0.25, 0.3) is 0 Å². The first-order valence-corrected chi connectivity index (χ1v) is 20.4. The van der Waals surface area contributed by atoms with E-state index in [-0.39, 0.29) is 11.6 Å². The molecule has 0 aromatic carbocycles. The number of nitrogens with one attached hydrogen (secondary N) is 1. The highest BCUT2D eigenvalue weighted by molar-refractivity contribution is 5.80. The fourth-order valence-corrected chi connectivity index (χ4v) is 11.6. The smallest absolute Gasteiger partial charge is 0.409 e. The quantitative estimate of drug-likeness (QED) is 0.444. The van der Waals surface area contributed by atoms with E-state index in [1.54, 1.807) is 0 Å². The Morgan fingerprint density at radius 2 is 1.22 bits per heavy atom. The number of ether oxygens (including phenoxy) is 1. The van der Waals surface area contributed by atoms with Crippen LogP contribution in [0.5, 0.6) is 0 Å². The van der Waals surface area contributed by atoms with E-state index < -0.39 is 0 Å². The van der Waals surface area contributed by atoms with Crippen LogP contribution < -0.4 is 5.32 Å². The molecule has 1 N–H and O–H groups in total. The minimum absolute atomic E-state index is 0.0418. The molecule has 3 amide bonds. The summed E-state index contributed by atoms with van der Waals surface area (Å²) < 4.78 is 5.18. The molecule has 276 valence electrons. The largest absolute Gasteiger partial charge is 0.450 e. The van der Waals surface area contributed by atoms with Crippen molar-refractivity contribution in [3.8, 4) is 0 Å². The summed E-state index contributed by atoms with van der Waals surface area (Å²) >= 11 is 0. The summed E-state index contributed by atoms with van der Waals surface area (Å²) in [6, 6.07) is 2.05. The van der Waals surface area contributed by atoms with E-state index in [0.29, 0.717) is 60.0 Å². The minimum atomic E-state index is -0.179. The molecule has 0 aromatic heterocycles. The van der Waals surface area contributed by atoms with Gasteiger partial charge in [0.15, 0.2) is 0 Å². The van der Waals surface area contributed by atoms with Gasteiger partial charge in [-0.05, 0) is 103 Å². The van der Waals surface area contributed by atoms with Crippen LogP contribution in [0, 0.1) is 11.8 Å². The molecular weight excluding hydrogens is 616 g/mol. The molecule has 6 saturated heterocycles. The molecular formula is C39H66N6O4. The zero-order valence-corrected chi connectivity index (χ0v) is 31.0. The summed E-state index contributed by atoms with van der Waals surface area (Å²) in [7, 11) is 0. The zero-order chi connectivity index (χ0) is 34.2. The van der Waals surface area contributed by atoms with Crippen LogP contribution in [0.4, 0.5) is 4.79 Å². The van der Waals surface area contributed by atoms with Crippen molar-refractivity contribution in [2.45, 2.75) is 159 Å². The fourth-order valence-electron chi connectivity index (χ4n) is 11.6. The van der Waals surface area contributed by atoms with Gasteiger partial charge < -0.3 is 24.8 Å². The maximum atomic E-state index is 12.7. The Morgan fingerprint density at radius 3 is 1.71 bits per heavy atom. The summed E-state index contributed by atoms with van der Waals surface area (Å²) in [5.74, 6) is 2.17. The standard InChI is InChI=1S/C21H35N3O3.C18H31N3O/c1-3-27-20(26)22-13-10-21(2,15-22)23-11-8-17(9-12-23)24-18-7-5-4-6-16(18)14-19(24)25;1-18(8-9-19-13-18)20-10-6-15(7-11-20)21-16-5-3-2-4-14(16)12-17(21)22/h16-18H,3-15H2,1-2H3;14-16,19H,2-13H2,1H3/t16-,18+,21?;14-,16+,18?/m11/s1. The van der Waals surface area contributed by atoms with Crippen LogP contribution in [0.1, 0.15) is 124 Å². The van der Waals surface area contributed by atoms with Gasteiger partial charge in [-0.3, -0.25) is 19.4 Å². The third kappa shape index (κ3) is 7.26. The molecule has 8 aliphatic rings. The Hall–Kier alpha value is -1.91. The van der Waals surface area contributed by atoms with Crippen molar-refractivity contribution in [3.05, 3.63) is 0 Å². The Balaban J connectivity index is 0.000000157. The van der Waals surface area contributed by atoms with E-state index >= 15 is 0 Å². The van der Waals surface area contributed by atoms with Crippen LogP contribution in [0.15, 0.2) is 0 Å². The molecule has 6 atom stereocenters. The fraction of sp³-hybridized carbons (Fsp3) is 0.923. The van der Waals surface area contributed by atoms with Gasteiger partial charge in [0.05, 0.1) is 6.61 Å². The van der Waals surface area contributed by atoms with E-state index in [0.717, 1.165) is 71.4 Å². The minimum Gasteiger partial charge on any atom is -0.450 e. The Kier molecular flexibility index (Phi) is 10.9. The van der Waals surface area contributed by atoms with Gasteiger partial charge in [-0.15, -0.1) is 0 Å². The van der Waals surface area contributed by atoms with Crippen molar-refractivity contribution in [1.29, 1.82) is 0 Å². The van der Waals surface area contributed by atoms with Gasteiger partial charge in [-0.1, -0.05) is 25.7 Å². The number of rotatable bonds is 5. The van der Waals surface area contributed by atoms with E-state index in [1.807, 2.05) is 11.8 Å². The number of fused-ring (bicyclic) bond motifs is 2. The first-order valence-electron chi connectivity index (χ1n) is 20.4. The highest BCUT2D eigenvalue weighted by Crippen LogP contribution is 2.42. The van der Waals surface area contributed by atoms with Crippen LogP contribution in [0.25, 0.3) is 0 Å². The average molecular weight is 683 g/mol. The maximum absolute atomic E-state index is 12.7. The second kappa shape index (κ2) is 15.0. The van der Waals surface area contributed by atoms with Crippen molar-refractivity contribution in [3.63, 3.8) is 0 Å². The van der Waals surface area contributed by atoms with Crippen molar-refractivity contribution in [2.75, 3.05) is 59.0 Å². The van der Waals surface area contributed by atoms with Gasteiger partial charge in [0, 0.05) is 93.9 Å². The molecule has 0 aromatic rings. The molecule has 8 fully saturated rings. The normalized spacial score (nSPS) is 38.1. The van der Waals surface area contributed by atoms with E-state index in [9.17, 15) is 14.4 Å². The van der Waals surface area contributed by atoms with Crippen LogP contribution in [-0.2, 0) is 14.3 Å². The summed E-state index contributed by atoms with van der Waals surface area (Å²) in [5.41, 5.74) is 0.396. The second-order valence-corrected chi connectivity index (χ2v) is 17.5. The van der Waals surface area contributed by atoms with E-state index in [4.69, 9.17) is 4.74 Å². The molecule has 8 rings (SSSR count). The molecule has 6 aliphatic heterocycles. The number of carbonyl (C=O) groups excluding carboxylic acids is 3. The van der Waals surface area contributed by atoms with Gasteiger partial charge in [-0.25, -0.2) is 4.79 Å². The van der Waals surface area contributed by atoms with Crippen molar-refractivity contribution < 1.29 is 19.1 Å². The lowest BCUT2D eigenvalue weighted by atomic mass is 9.84. The topological polar surface area (TPSA) is 88.7 Å². The number of likely N-dealkylation sites (tertiary alicyclic amines) is 5. The van der Waals surface area contributed by atoms with E-state index in [2.05, 4.69) is 38.8 Å². The lowest BCUT2D eigenvalue weighted by Gasteiger charge is -2.46. The second-order valence-electron chi connectivity index (χ2n) is 17.5. The molecule has 2 aliphatic carbocycles. The lowest BCUT2D eigenvalue weighted by Crippen LogP contribution is -2.56. The van der Waals surface area contributed by atoms with Crippen molar-refractivity contribution in [1.82, 2.24) is 29.8 Å². The summed E-state index contributed by atoms with van der Waals surface area (Å²) in [5, 5.41) is 3.51. The van der Waals surface area contributed by atoms with Gasteiger partial charge in [-0.2, -0.15) is 0 Å². The van der Waals surface area contributed by atoms with Crippen LogP contribution in [0.2, 0.25) is 0 Å². The highest BCUT2D eigenvalue weighted by Gasteiger charge is 2.48. The highest BCUT2D eigenvalue weighted by atomic mass is 16.6. The number of nitrogens with zero attached hydrogens (tertiary/aromatic N) is 5. The number of amides is 3. The van der Waals surface area contributed by atoms with Gasteiger partial charge in [0.1, 0.15) is 0 Å². The maximum Gasteiger partial charge on any atom is 0.409 e. The molecule has 2 unspecified atom stereocenters. The van der Waals surface area contributed by atoms with E-state index in [1.165, 1.54) is 83.7 Å². The number of piperidine rings is 2. The summed E-state index contributed by atoms with van der Waals surface area (Å²) in [6.45, 7) is 15.2. The Bertz CT molecular complexity index is 1180. The summed E-state index contributed by atoms with van der Waals surface area (Å²) in [4.78, 5) is 49.0. The SMILES string of the molecule is CC1(N2CCC(N3C(=O)C[C@H]4CCCC[C@@H]43)CC2)CCNC1.CCOC(=O)N1CCC(C)(N2CCC(N3C(=O)C[C@H]4CCCC[C@@H]43)CC2)C1. The number of hydrogen-bond acceptors (Lipinski definition) is 7. The molecule has 0 spiro atoms. The first-order chi connectivity index (χ1) is 23.7. The third-order valence-electron chi connectivity index (χ3n) is 14.5. The average Bonchev–Trinajstić information content (AvgIpc) is 3.89. The number of carbonyl (C=O) groups is 3. The Morgan fingerprint density at radius 1 is 0.714 bits per heavy atom. The molecule has 2 saturated carbocycles. The Labute approximate surface area is 296 Å². The van der Waals surface area contributed by atoms with Crippen LogP contribution >= 0.6 is 0 Å². The predicted molar refractivity (Wildman–Crippen MR) is 191 cm³/mol. The molecule has 10 heteroatoms. The van der Waals surface area contributed by atoms with Gasteiger partial charge >= 0.3 is 6.09 Å².